The van der Waals surface area contributed by atoms with E-state index in [-0.39, 0.29) is 6.04 Å². The Balaban J connectivity index is 1.66. The summed E-state index contributed by atoms with van der Waals surface area (Å²) in [6.45, 7) is 3.27. The van der Waals surface area contributed by atoms with Crippen molar-refractivity contribution in [1.82, 2.24) is 0 Å². The van der Waals surface area contributed by atoms with Gasteiger partial charge in [0.05, 0.1) is 6.04 Å². The maximum atomic E-state index is 5.92. The minimum absolute atomic E-state index is 0.0133. The summed E-state index contributed by atoms with van der Waals surface area (Å²) in [5.74, 6) is 1.66. The highest BCUT2D eigenvalue weighted by molar-refractivity contribution is 5.44. The molecule has 1 unspecified atom stereocenters. The Morgan fingerprint density at radius 3 is 2.65 bits per heavy atom. The van der Waals surface area contributed by atoms with Gasteiger partial charge in [-0.05, 0) is 29.7 Å². The average molecular weight is 269 g/mol. The molecule has 0 amide bonds. The van der Waals surface area contributed by atoms with Gasteiger partial charge < -0.3 is 15.2 Å². The zero-order chi connectivity index (χ0) is 13.9. The van der Waals surface area contributed by atoms with Crippen molar-refractivity contribution in [1.29, 1.82) is 0 Å². The van der Waals surface area contributed by atoms with Crippen LogP contribution in [-0.2, 0) is 13.0 Å². The molecule has 2 aromatic rings. The number of nitrogens with two attached hydrogens (primary N) is 1. The minimum Gasteiger partial charge on any atom is -0.491 e. The fourth-order valence-corrected chi connectivity index (χ4v) is 2.34. The minimum atomic E-state index is -0.0133. The lowest BCUT2D eigenvalue weighted by molar-refractivity contribution is 0.301. The predicted octanol–water partition coefficient (Wildman–Crippen LogP) is 3.22. The van der Waals surface area contributed by atoms with Gasteiger partial charge in [-0.15, -0.1) is 0 Å². The molecule has 0 radical (unpaired) electrons. The van der Waals surface area contributed by atoms with Crippen LogP contribution in [0.2, 0.25) is 0 Å². The Bertz CT molecular complexity index is 592. The van der Waals surface area contributed by atoms with Crippen molar-refractivity contribution in [3.8, 4) is 11.5 Å². The molecule has 0 saturated carbocycles. The molecule has 2 N–H and O–H groups in total. The van der Waals surface area contributed by atoms with E-state index < -0.39 is 0 Å². The molecule has 20 heavy (non-hydrogen) atoms. The molecule has 104 valence electrons. The van der Waals surface area contributed by atoms with Crippen molar-refractivity contribution in [2.24, 2.45) is 5.73 Å². The Hall–Kier alpha value is -2.00. The molecule has 1 atom stereocenters. The van der Waals surface area contributed by atoms with E-state index in [1.54, 1.807) is 0 Å². The number of rotatable bonds is 4. The molecule has 0 saturated heterocycles. The Kier molecular flexibility index (Phi) is 3.61. The molecule has 0 aliphatic carbocycles. The second kappa shape index (κ2) is 5.55. The fourth-order valence-electron chi connectivity index (χ4n) is 2.34. The molecular formula is C17H19NO2. The van der Waals surface area contributed by atoms with Gasteiger partial charge in [0.25, 0.3) is 0 Å². The molecule has 1 aliphatic heterocycles. The first-order valence-corrected chi connectivity index (χ1v) is 6.99. The molecule has 3 rings (SSSR count). The third kappa shape index (κ3) is 2.63. The largest absolute Gasteiger partial charge is 0.491 e. The van der Waals surface area contributed by atoms with Gasteiger partial charge in [-0.2, -0.15) is 0 Å². The smallest absolute Gasteiger partial charge is 0.127 e. The van der Waals surface area contributed by atoms with Crippen LogP contribution in [0, 0.1) is 0 Å². The first-order valence-electron chi connectivity index (χ1n) is 6.99. The second-order valence-corrected chi connectivity index (χ2v) is 5.08. The monoisotopic (exact) mass is 269 g/mol. The number of fused-ring (bicyclic) bond motifs is 1. The summed E-state index contributed by atoms with van der Waals surface area (Å²) in [6.07, 6.45) is 1.06. The standard InChI is InChI=1S/C17H19NO2/c1-2-12-3-5-13(6-4-12)10-19-14-7-8-15-16(18)11-20-17(15)9-14/h3-9,16H,2,10-11,18H2,1H3. The molecule has 1 aliphatic rings. The molecular weight excluding hydrogens is 250 g/mol. The number of benzene rings is 2. The van der Waals surface area contributed by atoms with Gasteiger partial charge >= 0.3 is 0 Å². The van der Waals surface area contributed by atoms with Crippen molar-refractivity contribution < 1.29 is 9.47 Å². The summed E-state index contributed by atoms with van der Waals surface area (Å²) in [5, 5.41) is 0. The molecule has 1 heterocycles. The predicted molar refractivity (Wildman–Crippen MR) is 79.0 cm³/mol. The Morgan fingerprint density at radius 1 is 1.15 bits per heavy atom. The normalized spacial score (nSPS) is 16.6. The van der Waals surface area contributed by atoms with E-state index >= 15 is 0 Å². The van der Waals surface area contributed by atoms with Crippen LogP contribution in [0.3, 0.4) is 0 Å². The SMILES string of the molecule is CCc1ccc(COc2ccc3c(c2)OCC3N)cc1. The number of aryl methyl sites for hydroxylation is 1. The third-order valence-corrected chi connectivity index (χ3v) is 3.64. The van der Waals surface area contributed by atoms with Crippen LogP contribution in [0.4, 0.5) is 0 Å². The van der Waals surface area contributed by atoms with Crippen LogP contribution in [0.25, 0.3) is 0 Å². The summed E-state index contributed by atoms with van der Waals surface area (Å²) >= 11 is 0. The lowest BCUT2D eigenvalue weighted by Gasteiger charge is -2.08. The number of ether oxygens (including phenoxy) is 2. The molecule has 0 aromatic heterocycles. The van der Waals surface area contributed by atoms with Crippen LogP contribution in [0.15, 0.2) is 42.5 Å². The third-order valence-electron chi connectivity index (χ3n) is 3.64. The summed E-state index contributed by atoms with van der Waals surface area (Å²) in [7, 11) is 0. The van der Waals surface area contributed by atoms with Crippen molar-refractivity contribution in [2.75, 3.05) is 6.61 Å². The number of hydrogen-bond donors (Lipinski definition) is 1. The molecule has 2 aromatic carbocycles. The van der Waals surface area contributed by atoms with Gasteiger partial charge in [0.15, 0.2) is 0 Å². The van der Waals surface area contributed by atoms with Gasteiger partial charge in [-0.1, -0.05) is 31.2 Å². The van der Waals surface area contributed by atoms with Crippen molar-refractivity contribution in [3.05, 3.63) is 59.2 Å². The average Bonchev–Trinajstić information content (AvgIpc) is 2.87. The van der Waals surface area contributed by atoms with Crippen molar-refractivity contribution in [3.63, 3.8) is 0 Å². The second-order valence-electron chi connectivity index (χ2n) is 5.08. The van der Waals surface area contributed by atoms with Gasteiger partial charge in [0.2, 0.25) is 0 Å². The summed E-state index contributed by atoms with van der Waals surface area (Å²) in [5.41, 5.74) is 9.49. The maximum Gasteiger partial charge on any atom is 0.127 e. The first-order chi connectivity index (χ1) is 9.76. The highest BCUT2D eigenvalue weighted by Crippen LogP contribution is 2.34. The zero-order valence-electron chi connectivity index (χ0n) is 11.6. The maximum absolute atomic E-state index is 5.92. The van der Waals surface area contributed by atoms with Crippen LogP contribution in [-0.4, -0.2) is 6.61 Å². The summed E-state index contributed by atoms with van der Waals surface area (Å²) in [4.78, 5) is 0. The Labute approximate surface area is 119 Å². The van der Waals surface area contributed by atoms with Crippen molar-refractivity contribution >= 4 is 0 Å². The van der Waals surface area contributed by atoms with E-state index in [4.69, 9.17) is 15.2 Å². The van der Waals surface area contributed by atoms with E-state index in [0.717, 1.165) is 23.5 Å². The van der Waals surface area contributed by atoms with E-state index in [9.17, 15) is 0 Å². The molecule has 3 nitrogen and oxygen atoms in total. The quantitative estimate of drug-likeness (QED) is 0.927. The van der Waals surface area contributed by atoms with Gasteiger partial charge in [-0.3, -0.25) is 0 Å². The zero-order valence-corrected chi connectivity index (χ0v) is 11.6. The van der Waals surface area contributed by atoms with Crippen LogP contribution in [0.1, 0.15) is 29.7 Å². The van der Waals surface area contributed by atoms with E-state index in [1.165, 1.54) is 11.1 Å². The fraction of sp³-hybridized carbons (Fsp3) is 0.294. The number of hydrogen-bond acceptors (Lipinski definition) is 3. The molecule has 3 heteroatoms. The van der Waals surface area contributed by atoms with E-state index in [2.05, 4.69) is 31.2 Å². The highest BCUT2D eigenvalue weighted by Gasteiger charge is 2.20. The van der Waals surface area contributed by atoms with Crippen LogP contribution < -0.4 is 15.2 Å². The van der Waals surface area contributed by atoms with E-state index in [0.29, 0.717) is 13.2 Å². The van der Waals surface area contributed by atoms with Gasteiger partial charge in [0.1, 0.15) is 24.7 Å². The van der Waals surface area contributed by atoms with Crippen LogP contribution in [0.5, 0.6) is 11.5 Å². The molecule has 0 bridgehead atoms. The summed E-state index contributed by atoms with van der Waals surface area (Å²) < 4.78 is 11.3. The summed E-state index contributed by atoms with van der Waals surface area (Å²) in [6, 6.07) is 14.4. The van der Waals surface area contributed by atoms with Gasteiger partial charge in [0, 0.05) is 11.6 Å². The highest BCUT2D eigenvalue weighted by atomic mass is 16.5. The van der Waals surface area contributed by atoms with Crippen LogP contribution >= 0.6 is 0 Å². The molecule has 0 spiro atoms. The Morgan fingerprint density at radius 2 is 1.90 bits per heavy atom. The lowest BCUT2D eigenvalue weighted by Crippen LogP contribution is -2.10. The van der Waals surface area contributed by atoms with Crippen molar-refractivity contribution in [2.45, 2.75) is 26.0 Å². The lowest BCUT2D eigenvalue weighted by atomic mass is 10.1. The molecule has 0 fully saturated rings. The van der Waals surface area contributed by atoms with Gasteiger partial charge in [-0.25, -0.2) is 0 Å². The topological polar surface area (TPSA) is 44.5 Å². The van der Waals surface area contributed by atoms with E-state index in [1.807, 2.05) is 18.2 Å². The first kappa shape index (κ1) is 13.0.